The predicted molar refractivity (Wildman–Crippen MR) is 114 cm³/mol. The number of hydrogen-bond acceptors (Lipinski definition) is 4. The van der Waals surface area contributed by atoms with Crippen LogP contribution in [0.25, 0.3) is 0 Å². The summed E-state index contributed by atoms with van der Waals surface area (Å²) in [5, 5.41) is 10.2. The average Bonchev–Trinajstić information content (AvgIpc) is 2.69. The molecule has 0 radical (unpaired) electrons. The maximum Gasteiger partial charge on any atom is 0.172 e. The fourth-order valence-corrected chi connectivity index (χ4v) is 3.08. The number of nitrogens with one attached hydrogen (secondary N) is 1. The lowest BCUT2D eigenvalue weighted by molar-refractivity contribution is 0.679. The van der Waals surface area contributed by atoms with Crippen molar-refractivity contribution in [1.29, 1.82) is 0 Å². The number of aryl methyl sites for hydroxylation is 1. The van der Waals surface area contributed by atoms with E-state index in [1.807, 2.05) is 58.5 Å². The minimum atomic E-state index is 0.540. The second kappa shape index (κ2) is 7.51. The number of rotatable bonds is 3. The van der Waals surface area contributed by atoms with Crippen molar-refractivity contribution in [3.8, 4) is 0 Å². The molecule has 0 amide bonds. The molecule has 0 aromatic heterocycles. The van der Waals surface area contributed by atoms with Crippen molar-refractivity contribution >= 4 is 40.4 Å². The standard InChI is InChI=1S/C21H18Cl2N4/c1-15-2-4-16(5-3-15)21-24-26(19-10-6-17(22)7-11-19)14-27(25-21)20-12-8-18(23)9-13-20/h2-13H,14H2,1H3,(H,24,25). The molecular formula is C21H18Cl2N4. The van der Waals surface area contributed by atoms with Gasteiger partial charge in [-0.05, 0) is 55.5 Å². The molecular weight excluding hydrogens is 379 g/mol. The van der Waals surface area contributed by atoms with Crippen molar-refractivity contribution in [2.24, 2.45) is 5.10 Å². The van der Waals surface area contributed by atoms with E-state index in [0.29, 0.717) is 16.7 Å². The van der Waals surface area contributed by atoms with Gasteiger partial charge in [-0.3, -0.25) is 10.4 Å². The SMILES string of the molecule is Cc1ccc(C2=NN(c3ccc(Cl)cc3)CN(c3ccc(Cl)cc3)N2)cc1. The zero-order valence-corrected chi connectivity index (χ0v) is 16.2. The Balaban J connectivity index is 1.72. The summed E-state index contributed by atoms with van der Waals surface area (Å²) in [5.41, 5.74) is 7.59. The summed E-state index contributed by atoms with van der Waals surface area (Å²) in [6.45, 7) is 2.61. The highest BCUT2D eigenvalue weighted by atomic mass is 35.5. The predicted octanol–water partition coefficient (Wildman–Crippen LogP) is 5.45. The Kier molecular flexibility index (Phi) is 4.92. The number of halogens is 2. The Labute approximate surface area is 168 Å². The van der Waals surface area contributed by atoms with Gasteiger partial charge in [0.1, 0.15) is 6.67 Å². The summed E-state index contributed by atoms with van der Waals surface area (Å²) in [6, 6.07) is 23.7. The van der Waals surface area contributed by atoms with Crippen LogP contribution in [0.3, 0.4) is 0 Å². The number of anilines is 2. The van der Waals surface area contributed by atoms with Crippen molar-refractivity contribution in [3.63, 3.8) is 0 Å². The van der Waals surface area contributed by atoms with Gasteiger partial charge < -0.3 is 0 Å². The van der Waals surface area contributed by atoms with E-state index in [4.69, 9.17) is 28.3 Å². The lowest BCUT2D eigenvalue weighted by atomic mass is 10.1. The van der Waals surface area contributed by atoms with Gasteiger partial charge in [0.05, 0.1) is 11.4 Å². The first-order valence-electron chi connectivity index (χ1n) is 8.57. The molecule has 1 aliphatic rings. The zero-order valence-electron chi connectivity index (χ0n) is 14.7. The maximum atomic E-state index is 6.04. The molecule has 27 heavy (non-hydrogen) atoms. The molecule has 1 aliphatic heterocycles. The van der Waals surface area contributed by atoms with E-state index in [1.165, 1.54) is 5.56 Å². The van der Waals surface area contributed by atoms with Crippen LogP contribution in [-0.4, -0.2) is 12.5 Å². The van der Waals surface area contributed by atoms with Gasteiger partial charge in [-0.25, -0.2) is 5.01 Å². The fraction of sp³-hybridized carbons (Fsp3) is 0.0952. The molecule has 0 saturated carbocycles. The quantitative estimate of drug-likeness (QED) is 0.638. The topological polar surface area (TPSA) is 30.9 Å². The monoisotopic (exact) mass is 396 g/mol. The van der Waals surface area contributed by atoms with Gasteiger partial charge in [0.15, 0.2) is 5.84 Å². The van der Waals surface area contributed by atoms with E-state index in [-0.39, 0.29) is 0 Å². The Hall–Kier alpha value is -2.69. The first-order chi connectivity index (χ1) is 13.1. The van der Waals surface area contributed by atoms with Gasteiger partial charge >= 0.3 is 0 Å². The fourth-order valence-electron chi connectivity index (χ4n) is 2.83. The summed E-state index contributed by atoms with van der Waals surface area (Å²) in [7, 11) is 0. The summed E-state index contributed by atoms with van der Waals surface area (Å²) < 4.78 is 0. The largest absolute Gasteiger partial charge is 0.278 e. The van der Waals surface area contributed by atoms with Crippen LogP contribution in [0, 0.1) is 6.92 Å². The van der Waals surface area contributed by atoms with Crippen molar-refractivity contribution in [3.05, 3.63) is 94.0 Å². The van der Waals surface area contributed by atoms with Crippen LogP contribution in [0.2, 0.25) is 10.0 Å². The third-order valence-corrected chi connectivity index (χ3v) is 4.83. The number of amidine groups is 1. The van der Waals surface area contributed by atoms with E-state index < -0.39 is 0 Å². The van der Waals surface area contributed by atoms with E-state index in [0.717, 1.165) is 22.8 Å². The molecule has 0 aliphatic carbocycles. The normalized spacial score (nSPS) is 14.0. The molecule has 0 bridgehead atoms. The lowest BCUT2D eigenvalue weighted by Crippen LogP contribution is -2.53. The number of benzene rings is 3. The van der Waals surface area contributed by atoms with Crippen molar-refractivity contribution in [2.75, 3.05) is 16.7 Å². The van der Waals surface area contributed by atoms with Gasteiger partial charge in [-0.1, -0.05) is 53.0 Å². The molecule has 1 N–H and O–H groups in total. The molecule has 6 heteroatoms. The van der Waals surface area contributed by atoms with Crippen LogP contribution in [-0.2, 0) is 0 Å². The first-order valence-corrected chi connectivity index (χ1v) is 9.32. The van der Waals surface area contributed by atoms with E-state index >= 15 is 0 Å². The Morgan fingerprint density at radius 3 is 1.93 bits per heavy atom. The smallest absolute Gasteiger partial charge is 0.172 e. The minimum absolute atomic E-state index is 0.540. The number of hydrogen-bond donors (Lipinski definition) is 1. The number of nitrogens with zero attached hydrogens (tertiary/aromatic N) is 3. The Morgan fingerprint density at radius 1 is 0.778 bits per heavy atom. The summed E-state index contributed by atoms with van der Waals surface area (Å²) in [4.78, 5) is 0. The number of hydrazone groups is 1. The maximum absolute atomic E-state index is 6.04. The summed E-state index contributed by atoms with van der Waals surface area (Å²) in [6.07, 6.45) is 0. The molecule has 3 aromatic rings. The second-order valence-electron chi connectivity index (χ2n) is 6.35. The van der Waals surface area contributed by atoms with Crippen LogP contribution in [0.1, 0.15) is 11.1 Å². The van der Waals surface area contributed by atoms with Crippen LogP contribution < -0.4 is 15.4 Å². The molecule has 0 saturated heterocycles. The van der Waals surface area contributed by atoms with Crippen LogP contribution >= 0.6 is 23.2 Å². The lowest BCUT2D eigenvalue weighted by Gasteiger charge is -2.36. The van der Waals surface area contributed by atoms with Crippen molar-refractivity contribution < 1.29 is 0 Å². The molecule has 0 atom stereocenters. The average molecular weight is 397 g/mol. The van der Waals surface area contributed by atoms with Crippen molar-refractivity contribution in [2.45, 2.75) is 6.92 Å². The molecule has 0 spiro atoms. The summed E-state index contributed by atoms with van der Waals surface area (Å²) in [5.74, 6) is 0.770. The van der Waals surface area contributed by atoms with Crippen LogP contribution in [0.5, 0.6) is 0 Å². The highest BCUT2D eigenvalue weighted by Crippen LogP contribution is 2.24. The highest BCUT2D eigenvalue weighted by molar-refractivity contribution is 6.30. The van der Waals surface area contributed by atoms with Gasteiger partial charge in [0.25, 0.3) is 0 Å². The van der Waals surface area contributed by atoms with Crippen molar-refractivity contribution in [1.82, 2.24) is 5.43 Å². The van der Waals surface area contributed by atoms with E-state index in [2.05, 4.69) is 36.6 Å². The first kappa shape index (κ1) is 17.7. The Morgan fingerprint density at radius 2 is 1.33 bits per heavy atom. The minimum Gasteiger partial charge on any atom is -0.278 e. The molecule has 4 rings (SSSR count). The molecule has 4 nitrogen and oxygen atoms in total. The molecule has 3 aromatic carbocycles. The molecule has 136 valence electrons. The van der Waals surface area contributed by atoms with E-state index in [1.54, 1.807) is 0 Å². The van der Waals surface area contributed by atoms with Gasteiger partial charge in [0, 0.05) is 15.6 Å². The third kappa shape index (κ3) is 4.02. The molecule has 0 unspecified atom stereocenters. The van der Waals surface area contributed by atoms with Gasteiger partial charge in [-0.15, -0.1) is 0 Å². The van der Waals surface area contributed by atoms with Gasteiger partial charge in [-0.2, -0.15) is 5.10 Å². The number of hydrazine groups is 1. The van der Waals surface area contributed by atoms with Crippen LogP contribution in [0.15, 0.2) is 77.9 Å². The van der Waals surface area contributed by atoms with Crippen LogP contribution in [0.4, 0.5) is 11.4 Å². The molecule has 1 heterocycles. The zero-order chi connectivity index (χ0) is 18.8. The highest BCUT2D eigenvalue weighted by Gasteiger charge is 2.21. The third-order valence-electron chi connectivity index (χ3n) is 4.32. The summed E-state index contributed by atoms with van der Waals surface area (Å²) >= 11 is 12.1. The van der Waals surface area contributed by atoms with Gasteiger partial charge in [0.2, 0.25) is 0 Å². The molecule has 0 fully saturated rings. The van der Waals surface area contributed by atoms with E-state index in [9.17, 15) is 0 Å². The Bertz CT molecular complexity index is 951. The second-order valence-corrected chi connectivity index (χ2v) is 7.22.